The van der Waals surface area contributed by atoms with Gasteiger partial charge < -0.3 is 15.1 Å². The third kappa shape index (κ3) is 2.85. The fourth-order valence-electron chi connectivity index (χ4n) is 2.96. The van der Waals surface area contributed by atoms with Gasteiger partial charge in [0.1, 0.15) is 5.52 Å². The molecule has 2 heterocycles. The summed E-state index contributed by atoms with van der Waals surface area (Å²) in [6.07, 6.45) is 0.156. The molecule has 7 heteroatoms. The van der Waals surface area contributed by atoms with E-state index in [9.17, 15) is 9.59 Å². The number of halogens is 1. The number of amides is 2. The Morgan fingerprint density at radius 2 is 2.00 bits per heavy atom. The van der Waals surface area contributed by atoms with E-state index >= 15 is 0 Å². The topological polar surface area (TPSA) is 89.4 Å². The summed E-state index contributed by atoms with van der Waals surface area (Å²) < 4.78 is 5.73. The molecule has 0 bridgehead atoms. The average Bonchev–Trinajstić information content (AvgIpc) is 3.18. The lowest BCUT2D eigenvalue weighted by molar-refractivity contribution is -0.123. The molecule has 1 saturated heterocycles. The van der Waals surface area contributed by atoms with Crippen molar-refractivity contribution in [3.05, 3.63) is 47.5 Å². The minimum Gasteiger partial charge on any atom is -0.436 e. The number of hydrogen-bond acceptors (Lipinski definition) is 4. The van der Waals surface area contributed by atoms with E-state index in [-0.39, 0.29) is 12.3 Å². The zero-order valence-corrected chi connectivity index (χ0v) is 13.9. The first-order chi connectivity index (χ1) is 12.0. The summed E-state index contributed by atoms with van der Waals surface area (Å²) in [5, 5.41) is 0.597. The Morgan fingerprint density at radius 1 is 1.24 bits per heavy atom. The first kappa shape index (κ1) is 15.7. The predicted molar refractivity (Wildman–Crippen MR) is 94.1 cm³/mol. The lowest BCUT2D eigenvalue weighted by Crippen LogP contribution is -2.28. The van der Waals surface area contributed by atoms with Crippen molar-refractivity contribution in [2.75, 3.05) is 11.4 Å². The van der Waals surface area contributed by atoms with Gasteiger partial charge in [0.05, 0.1) is 5.92 Å². The van der Waals surface area contributed by atoms with Crippen LogP contribution < -0.4 is 10.6 Å². The standard InChI is InChI=1S/C18H14ClN3O3/c19-12-3-6-15-14(8-12)21-18(25-15)10-1-4-13(5-2-10)22-9-11(17(20)24)7-16(22)23/h1-6,8,11H,7,9H2,(H2,20,24)/t11-/m0/s1. The lowest BCUT2D eigenvalue weighted by atomic mass is 10.1. The Balaban J connectivity index is 1.61. The van der Waals surface area contributed by atoms with Crippen molar-refractivity contribution < 1.29 is 14.0 Å². The van der Waals surface area contributed by atoms with Crippen LogP contribution in [0.2, 0.25) is 5.02 Å². The second-order valence-electron chi connectivity index (χ2n) is 5.99. The molecule has 0 saturated carbocycles. The van der Waals surface area contributed by atoms with Crippen LogP contribution in [0.5, 0.6) is 0 Å². The number of nitrogens with zero attached hydrogens (tertiary/aromatic N) is 2. The number of rotatable bonds is 3. The van der Waals surface area contributed by atoms with Crippen LogP contribution in [0.15, 0.2) is 46.9 Å². The van der Waals surface area contributed by atoms with Gasteiger partial charge in [-0.2, -0.15) is 0 Å². The van der Waals surface area contributed by atoms with Crippen LogP contribution in [0.25, 0.3) is 22.6 Å². The number of primary amides is 1. The Hall–Kier alpha value is -2.86. The highest BCUT2D eigenvalue weighted by Gasteiger charge is 2.33. The number of nitrogens with two attached hydrogens (primary N) is 1. The zero-order valence-electron chi connectivity index (χ0n) is 13.1. The molecule has 1 aromatic heterocycles. The largest absolute Gasteiger partial charge is 0.436 e. The van der Waals surface area contributed by atoms with Crippen LogP contribution in [-0.4, -0.2) is 23.3 Å². The monoisotopic (exact) mass is 355 g/mol. The number of aromatic nitrogens is 1. The van der Waals surface area contributed by atoms with E-state index in [2.05, 4.69) is 4.98 Å². The molecule has 0 unspecified atom stereocenters. The predicted octanol–water partition coefficient (Wildman–Crippen LogP) is 2.99. The minimum absolute atomic E-state index is 0.104. The van der Waals surface area contributed by atoms with Gasteiger partial charge >= 0.3 is 0 Å². The second-order valence-corrected chi connectivity index (χ2v) is 6.42. The lowest BCUT2D eigenvalue weighted by Gasteiger charge is -2.16. The summed E-state index contributed by atoms with van der Waals surface area (Å²) in [6, 6.07) is 12.5. The van der Waals surface area contributed by atoms with E-state index in [0.29, 0.717) is 28.6 Å². The number of oxazole rings is 1. The molecule has 4 rings (SSSR count). The molecule has 0 radical (unpaired) electrons. The Kier molecular flexibility index (Phi) is 3.69. The molecule has 1 fully saturated rings. The number of hydrogen-bond donors (Lipinski definition) is 1. The van der Waals surface area contributed by atoms with Gasteiger partial charge in [0.25, 0.3) is 0 Å². The molecule has 126 valence electrons. The van der Waals surface area contributed by atoms with Gasteiger partial charge in [0.15, 0.2) is 5.58 Å². The van der Waals surface area contributed by atoms with Crippen LogP contribution in [0.4, 0.5) is 5.69 Å². The van der Waals surface area contributed by atoms with E-state index in [4.69, 9.17) is 21.8 Å². The highest BCUT2D eigenvalue weighted by atomic mass is 35.5. The molecule has 0 spiro atoms. The SMILES string of the molecule is NC(=O)[C@H]1CC(=O)N(c2ccc(-c3nc4cc(Cl)ccc4o3)cc2)C1. The van der Waals surface area contributed by atoms with Gasteiger partial charge in [0.2, 0.25) is 17.7 Å². The maximum absolute atomic E-state index is 12.1. The van der Waals surface area contributed by atoms with E-state index < -0.39 is 11.8 Å². The molecule has 6 nitrogen and oxygen atoms in total. The summed E-state index contributed by atoms with van der Waals surface area (Å²) in [5.74, 6) is -0.508. The van der Waals surface area contributed by atoms with E-state index in [1.54, 1.807) is 35.2 Å². The smallest absolute Gasteiger partial charge is 0.227 e. The minimum atomic E-state index is -0.447. The maximum atomic E-state index is 12.1. The van der Waals surface area contributed by atoms with E-state index in [0.717, 1.165) is 11.3 Å². The maximum Gasteiger partial charge on any atom is 0.227 e. The summed E-state index contributed by atoms with van der Waals surface area (Å²) >= 11 is 5.96. The molecular weight excluding hydrogens is 342 g/mol. The molecule has 3 aromatic rings. The summed E-state index contributed by atoms with van der Waals surface area (Å²) in [7, 11) is 0. The van der Waals surface area contributed by atoms with Gasteiger partial charge in [0, 0.05) is 29.2 Å². The zero-order chi connectivity index (χ0) is 17.6. The third-order valence-corrected chi connectivity index (χ3v) is 4.54. The van der Waals surface area contributed by atoms with Crippen LogP contribution in [0, 0.1) is 5.92 Å². The van der Waals surface area contributed by atoms with Gasteiger partial charge in [-0.15, -0.1) is 0 Å². The first-order valence-corrected chi connectivity index (χ1v) is 8.15. The fourth-order valence-corrected chi connectivity index (χ4v) is 3.12. The molecular formula is C18H14ClN3O3. The van der Waals surface area contributed by atoms with Crippen molar-refractivity contribution in [2.45, 2.75) is 6.42 Å². The van der Waals surface area contributed by atoms with E-state index in [1.807, 2.05) is 12.1 Å². The Labute approximate surface area is 148 Å². The summed E-state index contributed by atoms with van der Waals surface area (Å²) in [6.45, 7) is 0.314. The second kappa shape index (κ2) is 5.89. The van der Waals surface area contributed by atoms with Gasteiger partial charge in [-0.1, -0.05) is 11.6 Å². The average molecular weight is 356 g/mol. The van der Waals surface area contributed by atoms with Crippen LogP contribution in [0.1, 0.15) is 6.42 Å². The third-order valence-electron chi connectivity index (χ3n) is 4.30. The van der Waals surface area contributed by atoms with E-state index in [1.165, 1.54) is 0 Å². The van der Waals surface area contributed by atoms with Crippen molar-refractivity contribution in [1.29, 1.82) is 0 Å². The highest BCUT2D eigenvalue weighted by molar-refractivity contribution is 6.31. The number of carbonyl (C=O) groups excluding carboxylic acids is 2. The fraction of sp³-hybridized carbons (Fsp3) is 0.167. The molecule has 1 atom stereocenters. The van der Waals surface area contributed by atoms with Crippen molar-refractivity contribution in [2.24, 2.45) is 11.7 Å². The molecule has 1 aliphatic rings. The summed E-state index contributed by atoms with van der Waals surface area (Å²) in [5.41, 5.74) is 8.15. The van der Waals surface area contributed by atoms with Crippen LogP contribution in [-0.2, 0) is 9.59 Å². The van der Waals surface area contributed by atoms with Gasteiger partial charge in [-0.05, 0) is 42.5 Å². The molecule has 2 N–H and O–H groups in total. The Morgan fingerprint density at radius 3 is 2.68 bits per heavy atom. The number of benzene rings is 2. The van der Waals surface area contributed by atoms with Gasteiger partial charge in [-0.3, -0.25) is 9.59 Å². The normalized spacial score (nSPS) is 17.4. The van der Waals surface area contributed by atoms with Crippen molar-refractivity contribution in [3.8, 4) is 11.5 Å². The molecule has 2 amide bonds. The van der Waals surface area contributed by atoms with Crippen molar-refractivity contribution >= 4 is 40.2 Å². The van der Waals surface area contributed by atoms with Crippen molar-refractivity contribution in [3.63, 3.8) is 0 Å². The quantitative estimate of drug-likeness (QED) is 0.782. The Bertz CT molecular complexity index is 981. The van der Waals surface area contributed by atoms with Crippen molar-refractivity contribution in [1.82, 2.24) is 4.98 Å². The van der Waals surface area contributed by atoms with Gasteiger partial charge in [-0.25, -0.2) is 4.98 Å². The highest BCUT2D eigenvalue weighted by Crippen LogP contribution is 2.30. The molecule has 25 heavy (non-hydrogen) atoms. The number of anilines is 1. The first-order valence-electron chi connectivity index (χ1n) is 7.77. The number of carbonyl (C=O) groups is 2. The van der Waals surface area contributed by atoms with Crippen LogP contribution >= 0.6 is 11.6 Å². The molecule has 2 aromatic carbocycles. The van der Waals surface area contributed by atoms with Crippen LogP contribution in [0.3, 0.4) is 0 Å². The number of fused-ring (bicyclic) bond motifs is 1. The molecule has 0 aliphatic carbocycles. The summed E-state index contributed by atoms with van der Waals surface area (Å²) in [4.78, 5) is 29.4. The molecule has 1 aliphatic heterocycles.